The monoisotopic (exact) mass is 413 g/mol. The zero-order valence-corrected chi connectivity index (χ0v) is 19.4. The smallest absolute Gasteiger partial charge is 0.349 e. The van der Waals surface area contributed by atoms with Crippen molar-refractivity contribution in [3.63, 3.8) is 0 Å². The summed E-state index contributed by atoms with van der Waals surface area (Å²) in [6, 6.07) is 6.38. The Bertz CT molecular complexity index is 700. The van der Waals surface area contributed by atoms with Gasteiger partial charge in [-0.15, -0.1) is 0 Å². The Balaban J connectivity index is 2.80. The van der Waals surface area contributed by atoms with E-state index in [2.05, 4.69) is 50.6 Å². The number of aliphatic imine (C=N–C) groups is 1. The van der Waals surface area contributed by atoms with E-state index in [1.807, 2.05) is 42.6 Å². The van der Waals surface area contributed by atoms with Crippen LogP contribution >= 0.6 is 22.2 Å². The molecule has 26 heavy (non-hydrogen) atoms. The third kappa shape index (κ3) is 4.02. The van der Waals surface area contributed by atoms with Crippen molar-refractivity contribution >= 4 is 46.8 Å². The summed E-state index contributed by atoms with van der Waals surface area (Å²) in [5.41, 5.74) is 3.45. The molecule has 0 amide bonds. The molecule has 0 atom stereocenters. The van der Waals surface area contributed by atoms with Crippen molar-refractivity contribution in [2.45, 2.75) is 39.5 Å². The van der Waals surface area contributed by atoms with Gasteiger partial charge in [-0.25, -0.2) is 4.66 Å². The van der Waals surface area contributed by atoms with Gasteiger partial charge in [-0.2, -0.15) is 4.99 Å². The molecule has 1 aromatic rings. The predicted molar refractivity (Wildman–Crippen MR) is 117 cm³/mol. The molecule has 0 saturated heterocycles. The largest absolute Gasteiger partial charge is 0.498 e. The topological polar surface area (TPSA) is 34.4 Å². The molecule has 0 fully saturated rings. The molecule has 1 heterocycles. The Hall–Kier alpha value is -1.24. The number of para-hydroxylation sites is 1. The molecule has 1 aliphatic rings. The predicted octanol–water partition coefficient (Wildman–Crippen LogP) is 4.50. The third-order valence-corrected chi connectivity index (χ3v) is 7.22. The SMILES string of the molecule is CC(C)c1cccc(C(C)C)c1N1C(N(C)C)=NC(N(C)C)=N[Si]1(Cl)Cl. The minimum Gasteiger partial charge on any atom is -0.349 e. The molecule has 1 aliphatic heterocycles. The fourth-order valence-corrected chi connectivity index (χ4v) is 5.98. The van der Waals surface area contributed by atoms with Crippen LogP contribution in [0.4, 0.5) is 5.69 Å². The van der Waals surface area contributed by atoms with Crippen molar-refractivity contribution in [1.29, 1.82) is 0 Å². The molecule has 0 bridgehead atoms. The number of anilines is 1. The van der Waals surface area contributed by atoms with Crippen LogP contribution in [0.1, 0.15) is 50.7 Å². The summed E-state index contributed by atoms with van der Waals surface area (Å²) in [7, 11) is 4.48. The van der Waals surface area contributed by atoms with E-state index in [9.17, 15) is 0 Å². The Kier molecular flexibility index (Phi) is 6.31. The number of hydrogen-bond acceptors (Lipinski definition) is 5. The van der Waals surface area contributed by atoms with E-state index in [4.69, 9.17) is 27.2 Å². The maximum absolute atomic E-state index is 6.91. The van der Waals surface area contributed by atoms with Gasteiger partial charge in [-0.05, 0) is 23.0 Å². The average molecular weight is 414 g/mol. The lowest BCUT2D eigenvalue weighted by Crippen LogP contribution is -2.57. The van der Waals surface area contributed by atoms with Gasteiger partial charge in [-0.1, -0.05) is 68.1 Å². The van der Waals surface area contributed by atoms with E-state index in [1.54, 1.807) is 0 Å². The molecular weight excluding hydrogens is 385 g/mol. The van der Waals surface area contributed by atoms with Crippen molar-refractivity contribution in [3.8, 4) is 0 Å². The highest BCUT2D eigenvalue weighted by Gasteiger charge is 2.47. The summed E-state index contributed by atoms with van der Waals surface area (Å²) in [4.78, 5) is 8.53. The molecule has 8 heteroatoms. The zero-order chi connectivity index (χ0) is 19.8. The average Bonchev–Trinajstić information content (AvgIpc) is 2.52. The van der Waals surface area contributed by atoms with Gasteiger partial charge in [0.2, 0.25) is 11.9 Å². The summed E-state index contributed by atoms with van der Waals surface area (Å²) < 4.78 is 6.61. The minimum atomic E-state index is -3.22. The first kappa shape index (κ1) is 21.1. The van der Waals surface area contributed by atoms with Crippen LogP contribution in [-0.4, -0.2) is 56.9 Å². The number of nitrogens with zero attached hydrogens (tertiary/aromatic N) is 5. The van der Waals surface area contributed by atoms with Crippen LogP contribution in [0.3, 0.4) is 0 Å². The van der Waals surface area contributed by atoms with Crippen molar-refractivity contribution < 1.29 is 0 Å². The Morgan fingerprint density at radius 3 is 1.81 bits per heavy atom. The van der Waals surface area contributed by atoms with Crippen molar-refractivity contribution in [3.05, 3.63) is 29.3 Å². The van der Waals surface area contributed by atoms with E-state index in [0.29, 0.717) is 17.8 Å². The second-order valence-corrected chi connectivity index (χ2v) is 13.0. The summed E-state index contributed by atoms with van der Waals surface area (Å²) >= 11 is 13.8. The van der Waals surface area contributed by atoms with Gasteiger partial charge in [0.15, 0.2) is 0 Å². The fourth-order valence-electron chi connectivity index (χ4n) is 2.96. The number of guanidine groups is 2. The summed E-state index contributed by atoms with van der Waals surface area (Å²) in [5, 5.41) is 0. The molecule has 1 aromatic carbocycles. The second kappa shape index (κ2) is 7.78. The number of benzene rings is 1. The maximum Gasteiger partial charge on any atom is 0.498 e. The molecule has 2 rings (SSSR count). The van der Waals surface area contributed by atoms with Crippen LogP contribution < -0.4 is 4.57 Å². The van der Waals surface area contributed by atoms with Gasteiger partial charge in [0.05, 0.1) is 0 Å². The quantitative estimate of drug-likeness (QED) is 0.540. The van der Waals surface area contributed by atoms with Crippen LogP contribution in [0.2, 0.25) is 0 Å². The summed E-state index contributed by atoms with van der Waals surface area (Å²) in [5.74, 6) is 1.92. The molecule has 0 saturated carbocycles. The lowest BCUT2D eigenvalue weighted by molar-refractivity contribution is 0.592. The maximum atomic E-state index is 6.91. The summed E-state index contributed by atoms with van der Waals surface area (Å²) in [6.45, 7) is 8.72. The highest BCUT2D eigenvalue weighted by molar-refractivity contribution is 7.47. The van der Waals surface area contributed by atoms with Crippen molar-refractivity contribution in [1.82, 2.24) is 9.80 Å². The number of rotatable bonds is 3. The van der Waals surface area contributed by atoms with E-state index < -0.39 is 7.02 Å². The second-order valence-electron chi connectivity index (χ2n) is 7.55. The van der Waals surface area contributed by atoms with Gasteiger partial charge >= 0.3 is 7.02 Å². The van der Waals surface area contributed by atoms with E-state index in [-0.39, 0.29) is 0 Å². The Morgan fingerprint density at radius 2 is 1.42 bits per heavy atom. The van der Waals surface area contributed by atoms with Crippen LogP contribution in [-0.2, 0) is 0 Å². The number of halogens is 2. The van der Waals surface area contributed by atoms with Crippen molar-refractivity contribution in [2.75, 3.05) is 32.8 Å². The van der Waals surface area contributed by atoms with E-state index in [0.717, 1.165) is 11.6 Å². The Morgan fingerprint density at radius 1 is 0.923 bits per heavy atom. The standard InChI is InChI=1S/C18H29Cl2N5Si/c1-12(2)14-10-9-11-15(13(3)4)16(14)25-18(24(7)8)21-17(23(5)6)22-26(25,19)20/h9-13H,1-8H3. The molecule has 0 radical (unpaired) electrons. The van der Waals surface area contributed by atoms with Crippen molar-refractivity contribution in [2.24, 2.45) is 9.65 Å². The van der Waals surface area contributed by atoms with Gasteiger partial charge in [-0.3, -0.25) is 4.57 Å². The minimum absolute atomic E-state index is 0.324. The molecule has 0 N–H and O–H groups in total. The van der Waals surface area contributed by atoms with Crippen LogP contribution in [0.25, 0.3) is 0 Å². The van der Waals surface area contributed by atoms with Crippen LogP contribution in [0.5, 0.6) is 0 Å². The van der Waals surface area contributed by atoms with Gasteiger partial charge in [0, 0.05) is 33.9 Å². The first-order chi connectivity index (χ1) is 12.0. The van der Waals surface area contributed by atoms with Gasteiger partial charge < -0.3 is 9.80 Å². The van der Waals surface area contributed by atoms with Gasteiger partial charge in [0.25, 0.3) is 0 Å². The molecule has 0 aliphatic carbocycles. The number of hydrogen-bond donors (Lipinski definition) is 0. The fraction of sp³-hybridized carbons (Fsp3) is 0.556. The molecule has 0 spiro atoms. The zero-order valence-electron chi connectivity index (χ0n) is 16.9. The molecular formula is C18H29Cl2N5Si. The highest BCUT2D eigenvalue weighted by atomic mass is 35.7. The van der Waals surface area contributed by atoms with E-state index in [1.165, 1.54) is 11.1 Å². The Labute approximate surface area is 167 Å². The molecule has 0 unspecified atom stereocenters. The summed E-state index contributed by atoms with van der Waals surface area (Å²) in [6.07, 6.45) is 0. The highest BCUT2D eigenvalue weighted by Crippen LogP contribution is 2.41. The van der Waals surface area contributed by atoms with Gasteiger partial charge in [0.1, 0.15) is 0 Å². The first-order valence-electron chi connectivity index (χ1n) is 8.81. The molecule has 144 valence electrons. The molecule has 5 nitrogen and oxygen atoms in total. The third-order valence-electron chi connectivity index (χ3n) is 4.27. The van der Waals surface area contributed by atoms with E-state index >= 15 is 0 Å². The van der Waals surface area contributed by atoms with Crippen LogP contribution in [0, 0.1) is 0 Å². The normalized spacial score (nSPS) is 16.7. The first-order valence-corrected chi connectivity index (χ1v) is 12.7. The lowest BCUT2D eigenvalue weighted by atomic mass is 9.92. The lowest BCUT2D eigenvalue weighted by Gasteiger charge is -2.41. The van der Waals surface area contributed by atoms with Crippen LogP contribution in [0.15, 0.2) is 27.8 Å². The molecule has 0 aromatic heterocycles.